The Balaban J connectivity index is 2.43. The topological polar surface area (TPSA) is 23.8 Å². The molecule has 0 aromatic carbocycles. The zero-order valence-corrected chi connectivity index (χ0v) is 5.61. The number of hydrogen-bond donors (Lipinski definition) is 0. The summed E-state index contributed by atoms with van der Waals surface area (Å²) in [6.45, 7) is 0. The van der Waals surface area contributed by atoms with E-state index in [9.17, 15) is 8.78 Å². The number of alkyl halides is 2. The van der Waals surface area contributed by atoms with Crippen LogP contribution < -0.4 is 0 Å². The van der Waals surface area contributed by atoms with E-state index in [1.54, 1.807) is 0 Å². The molecule has 0 spiro atoms. The molecule has 0 N–H and O–H groups in total. The number of nitriles is 1. The van der Waals surface area contributed by atoms with Gasteiger partial charge in [-0.2, -0.15) is 5.26 Å². The molecule has 1 nitrogen and oxygen atoms in total. The third-order valence-electron chi connectivity index (χ3n) is 2.09. The van der Waals surface area contributed by atoms with Gasteiger partial charge in [-0.1, -0.05) is 6.42 Å². The van der Waals surface area contributed by atoms with Crippen LogP contribution in [0.5, 0.6) is 0 Å². The lowest BCUT2D eigenvalue weighted by molar-refractivity contribution is 0.0588. The van der Waals surface area contributed by atoms with Crippen molar-refractivity contribution in [2.45, 2.75) is 32.1 Å². The molecule has 3 heteroatoms. The maximum absolute atomic E-state index is 11.8. The summed E-state index contributed by atoms with van der Waals surface area (Å²) in [6.07, 6.45) is -0.300. The molecule has 0 unspecified atom stereocenters. The summed E-state index contributed by atoms with van der Waals surface area (Å²) in [7, 11) is 0. The van der Waals surface area contributed by atoms with Crippen molar-refractivity contribution in [1.29, 1.82) is 5.26 Å². The molecule has 10 heavy (non-hydrogen) atoms. The lowest BCUT2D eigenvalue weighted by atomic mass is 9.68. The highest BCUT2D eigenvalue weighted by Crippen LogP contribution is 2.44. The molecule has 0 aromatic rings. The fourth-order valence-corrected chi connectivity index (χ4v) is 1.26. The second-order valence-corrected chi connectivity index (χ2v) is 2.84. The van der Waals surface area contributed by atoms with Crippen LogP contribution in [0.25, 0.3) is 0 Å². The van der Waals surface area contributed by atoms with E-state index in [0.717, 1.165) is 6.42 Å². The van der Waals surface area contributed by atoms with Gasteiger partial charge in [-0.05, 0) is 12.8 Å². The van der Waals surface area contributed by atoms with Crippen LogP contribution in [0.15, 0.2) is 0 Å². The predicted octanol–water partition coefficient (Wildman–Crippen LogP) is 2.34. The van der Waals surface area contributed by atoms with Crippen LogP contribution >= 0.6 is 0 Å². The van der Waals surface area contributed by atoms with Crippen LogP contribution in [0.3, 0.4) is 0 Å². The summed E-state index contributed by atoms with van der Waals surface area (Å²) in [6, 6.07) is 1.97. The van der Waals surface area contributed by atoms with Crippen molar-refractivity contribution in [2.75, 3.05) is 0 Å². The van der Waals surface area contributed by atoms with Crippen molar-refractivity contribution < 1.29 is 8.78 Å². The van der Waals surface area contributed by atoms with Gasteiger partial charge in [0.25, 0.3) is 0 Å². The zero-order valence-electron chi connectivity index (χ0n) is 5.61. The molecule has 1 aliphatic carbocycles. The quantitative estimate of drug-likeness (QED) is 0.585. The van der Waals surface area contributed by atoms with E-state index in [-0.39, 0.29) is 6.42 Å². The van der Waals surface area contributed by atoms with E-state index >= 15 is 0 Å². The molecule has 56 valence electrons. The first kappa shape index (κ1) is 7.46. The van der Waals surface area contributed by atoms with Crippen molar-refractivity contribution in [2.24, 2.45) is 5.41 Å². The van der Waals surface area contributed by atoms with Gasteiger partial charge < -0.3 is 0 Å². The van der Waals surface area contributed by atoms with E-state index < -0.39 is 11.8 Å². The van der Waals surface area contributed by atoms with Gasteiger partial charge in [0, 0.05) is 6.42 Å². The summed E-state index contributed by atoms with van der Waals surface area (Å²) in [5.41, 5.74) is -0.659. The normalized spacial score (nSPS) is 21.8. The Morgan fingerprint density at radius 2 is 2.10 bits per heavy atom. The van der Waals surface area contributed by atoms with Crippen LogP contribution in [-0.4, -0.2) is 6.43 Å². The molecule has 0 bridgehead atoms. The monoisotopic (exact) mass is 145 g/mol. The van der Waals surface area contributed by atoms with E-state index in [1.807, 2.05) is 6.07 Å². The molecule has 0 amide bonds. The summed E-state index contributed by atoms with van der Waals surface area (Å²) in [5, 5.41) is 8.50. The van der Waals surface area contributed by atoms with Crippen molar-refractivity contribution >= 4 is 0 Å². The van der Waals surface area contributed by atoms with Crippen molar-refractivity contribution in [1.82, 2.24) is 0 Å². The van der Waals surface area contributed by atoms with Crippen LogP contribution in [0, 0.1) is 16.7 Å². The molecule has 1 fully saturated rings. The van der Waals surface area contributed by atoms with Crippen LogP contribution in [0.2, 0.25) is 0 Å². The smallest absolute Gasteiger partial charge is 0.210 e. The lowest BCUT2D eigenvalue weighted by Crippen LogP contribution is -2.29. The Labute approximate surface area is 58.6 Å². The van der Waals surface area contributed by atoms with E-state index in [4.69, 9.17) is 5.26 Å². The van der Waals surface area contributed by atoms with Gasteiger partial charge in [-0.25, -0.2) is 8.78 Å². The minimum absolute atomic E-state index is 0.233. The first-order chi connectivity index (χ1) is 4.68. The van der Waals surface area contributed by atoms with Gasteiger partial charge in [0.2, 0.25) is 6.43 Å². The average molecular weight is 145 g/mol. The highest BCUT2D eigenvalue weighted by molar-refractivity contribution is 5.04. The Kier molecular flexibility index (Phi) is 1.89. The van der Waals surface area contributed by atoms with Crippen molar-refractivity contribution in [3.63, 3.8) is 0 Å². The van der Waals surface area contributed by atoms with E-state index in [1.165, 1.54) is 0 Å². The van der Waals surface area contributed by atoms with Gasteiger partial charge >= 0.3 is 0 Å². The minimum atomic E-state index is -2.32. The van der Waals surface area contributed by atoms with Gasteiger partial charge in [-0.3, -0.25) is 0 Å². The third-order valence-corrected chi connectivity index (χ3v) is 2.09. The SMILES string of the molecule is N#CC1(CC(F)F)CCC1. The first-order valence-electron chi connectivity index (χ1n) is 3.38. The summed E-state index contributed by atoms with van der Waals surface area (Å²) >= 11 is 0. The van der Waals surface area contributed by atoms with E-state index in [0.29, 0.717) is 12.8 Å². The number of hydrogen-bond acceptors (Lipinski definition) is 1. The standard InChI is InChI=1S/C7H9F2N/c8-6(9)4-7(5-10)2-1-3-7/h6H,1-4H2. The van der Waals surface area contributed by atoms with Crippen LogP contribution in [0.1, 0.15) is 25.7 Å². The average Bonchev–Trinajstić information content (AvgIpc) is 1.78. The molecule has 0 saturated heterocycles. The lowest BCUT2D eigenvalue weighted by Gasteiger charge is -2.34. The fraction of sp³-hybridized carbons (Fsp3) is 0.857. The van der Waals surface area contributed by atoms with Gasteiger partial charge in [0.1, 0.15) is 0 Å². The van der Waals surface area contributed by atoms with Crippen LogP contribution in [-0.2, 0) is 0 Å². The maximum Gasteiger partial charge on any atom is 0.240 e. The highest BCUT2D eigenvalue weighted by atomic mass is 19.3. The zero-order chi connectivity index (χ0) is 7.61. The molecule has 0 aromatic heterocycles. The Hall–Kier alpha value is -0.650. The minimum Gasteiger partial charge on any atom is -0.210 e. The Bertz CT molecular complexity index is 155. The molecule has 0 radical (unpaired) electrons. The number of nitrogens with zero attached hydrogens (tertiary/aromatic N) is 1. The number of halogens is 2. The fourth-order valence-electron chi connectivity index (χ4n) is 1.26. The van der Waals surface area contributed by atoms with Gasteiger partial charge in [-0.15, -0.1) is 0 Å². The molecular weight excluding hydrogens is 136 g/mol. The van der Waals surface area contributed by atoms with E-state index in [2.05, 4.69) is 0 Å². The van der Waals surface area contributed by atoms with Gasteiger partial charge in [0.05, 0.1) is 11.5 Å². The molecule has 0 atom stereocenters. The predicted molar refractivity (Wildman–Crippen MR) is 32.5 cm³/mol. The van der Waals surface area contributed by atoms with Crippen LogP contribution in [0.4, 0.5) is 8.78 Å². The highest BCUT2D eigenvalue weighted by Gasteiger charge is 2.39. The summed E-state index contributed by atoms with van der Waals surface area (Å²) in [5.74, 6) is 0. The molecule has 0 aliphatic heterocycles. The molecular formula is C7H9F2N. The molecule has 1 saturated carbocycles. The molecule has 0 heterocycles. The second kappa shape index (κ2) is 2.53. The summed E-state index contributed by atoms with van der Waals surface area (Å²) < 4.78 is 23.6. The van der Waals surface area contributed by atoms with Gasteiger partial charge in [0.15, 0.2) is 0 Å². The molecule has 1 aliphatic rings. The maximum atomic E-state index is 11.8. The van der Waals surface area contributed by atoms with Crippen molar-refractivity contribution in [3.8, 4) is 6.07 Å². The summed E-state index contributed by atoms with van der Waals surface area (Å²) in [4.78, 5) is 0. The Morgan fingerprint density at radius 3 is 2.20 bits per heavy atom. The molecule has 1 rings (SSSR count). The number of rotatable bonds is 2. The largest absolute Gasteiger partial charge is 0.240 e. The third kappa shape index (κ3) is 1.26. The van der Waals surface area contributed by atoms with Crippen molar-refractivity contribution in [3.05, 3.63) is 0 Å². The first-order valence-corrected chi connectivity index (χ1v) is 3.38. The second-order valence-electron chi connectivity index (χ2n) is 2.84. The Morgan fingerprint density at radius 1 is 1.50 bits per heavy atom.